The summed E-state index contributed by atoms with van der Waals surface area (Å²) in [6.45, 7) is 0.851. The number of carbonyl (C=O) groups is 3. The molecule has 1 fully saturated rings. The number of unbranched alkanes of at least 4 members (excludes halogenated alkanes) is 3. The molecule has 5 aromatic carbocycles. The van der Waals surface area contributed by atoms with Crippen molar-refractivity contribution in [2.24, 2.45) is 5.73 Å². The second kappa shape index (κ2) is 16.9. The number of aromatic nitrogens is 1. The normalized spacial score (nSPS) is 15.5. The maximum atomic E-state index is 13.5. The Morgan fingerprint density at radius 3 is 2.16 bits per heavy atom. The number of Topliss-reactive ketones (excluding diaryl/α,β-unsaturated/α-hetero) is 1. The number of fused-ring (bicyclic) bond motifs is 7. The first-order valence-corrected chi connectivity index (χ1v) is 23.5. The SMILES string of the molecule is CS(=O)(=O)N1CCC(n2cc(-c3cccc(C(N)=S)c3)c3ccc(NC(=O)CCCCCCC(=O)c4ccc5c(c4)C(=O)OC54c5ccc(O)cc5Oc5cc(O)ccc54)cc32)CC1. The highest BCUT2D eigenvalue weighted by molar-refractivity contribution is 7.88. The van der Waals surface area contributed by atoms with Gasteiger partial charge in [-0.1, -0.05) is 61.5 Å². The van der Waals surface area contributed by atoms with Gasteiger partial charge in [-0.15, -0.1) is 0 Å². The van der Waals surface area contributed by atoms with Crippen LogP contribution in [0.1, 0.15) is 100 Å². The van der Waals surface area contributed by atoms with Gasteiger partial charge in [-0.05, 0) is 79.8 Å². The number of aromatic hydroxyl groups is 2. The Bertz CT molecular complexity index is 2960. The fourth-order valence-electron chi connectivity index (χ4n) is 9.32. The minimum atomic E-state index is -3.29. The third-order valence-corrected chi connectivity index (χ3v) is 14.1. The van der Waals surface area contributed by atoms with Crippen molar-refractivity contribution >= 4 is 61.5 Å². The van der Waals surface area contributed by atoms with Crippen molar-refractivity contribution in [3.8, 4) is 34.1 Å². The van der Waals surface area contributed by atoms with Crippen molar-refractivity contribution in [2.45, 2.75) is 63.0 Å². The number of rotatable bonds is 13. The maximum Gasteiger partial charge on any atom is 0.340 e. The van der Waals surface area contributed by atoms with Gasteiger partial charge in [0.2, 0.25) is 15.9 Å². The number of sulfonamides is 1. The molecule has 3 aliphatic heterocycles. The van der Waals surface area contributed by atoms with E-state index < -0.39 is 21.6 Å². The highest BCUT2D eigenvalue weighted by atomic mass is 32.2. The van der Waals surface area contributed by atoms with Gasteiger partial charge in [-0.25, -0.2) is 17.5 Å². The highest BCUT2D eigenvalue weighted by Gasteiger charge is 2.53. The standard InChI is InChI=1S/C49H46N4O9S2/c1-64(59,60)52-21-19-33(20-22-52)53-28-38(29-7-6-8-31(23-29)47(50)63)36-15-12-32(25-42(36)53)51-46(57)10-5-3-2-4-9-43(56)30-11-16-39-37(24-30)48(58)62-49(39)40-17-13-34(54)26-44(40)61-45-27-35(55)14-18-41(45)49/h6-8,11-18,23-28,33,54-55H,2-5,9-10,19-22H2,1H3,(H2,50,63)(H,51,57). The van der Waals surface area contributed by atoms with Crippen LogP contribution in [0, 0.1) is 0 Å². The van der Waals surface area contributed by atoms with E-state index >= 15 is 0 Å². The summed E-state index contributed by atoms with van der Waals surface area (Å²) in [5.41, 5.74) is 11.0. The summed E-state index contributed by atoms with van der Waals surface area (Å²) in [5.74, 6) is -0.365. The molecule has 15 heteroatoms. The zero-order valence-electron chi connectivity index (χ0n) is 35.0. The van der Waals surface area contributed by atoms with Crippen LogP contribution in [0.4, 0.5) is 5.69 Å². The van der Waals surface area contributed by atoms with E-state index in [0.29, 0.717) is 78.1 Å². The Morgan fingerprint density at radius 1 is 0.812 bits per heavy atom. The number of amides is 1. The average molecular weight is 899 g/mol. The summed E-state index contributed by atoms with van der Waals surface area (Å²) in [4.78, 5) is 40.4. The van der Waals surface area contributed by atoms with Gasteiger partial charge in [0.1, 0.15) is 28.0 Å². The number of piperidine rings is 1. The van der Waals surface area contributed by atoms with E-state index in [1.165, 1.54) is 34.8 Å². The molecule has 328 valence electrons. The first-order valence-electron chi connectivity index (χ1n) is 21.3. The molecule has 4 heterocycles. The van der Waals surface area contributed by atoms with Crippen molar-refractivity contribution < 1.29 is 42.5 Å². The van der Waals surface area contributed by atoms with E-state index in [2.05, 4.69) is 16.1 Å². The predicted octanol–water partition coefficient (Wildman–Crippen LogP) is 8.68. The zero-order valence-corrected chi connectivity index (χ0v) is 36.6. The number of anilines is 1. The van der Waals surface area contributed by atoms with Crippen molar-refractivity contribution in [1.82, 2.24) is 8.87 Å². The summed E-state index contributed by atoms with van der Waals surface area (Å²) in [7, 11) is -3.29. The molecule has 6 aromatic rings. The molecule has 0 radical (unpaired) electrons. The number of nitrogens with two attached hydrogens (primary N) is 1. The molecule has 9 rings (SSSR count). The van der Waals surface area contributed by atoms with E-state index in [-0.39, 0.29) is 52.7 Å². The lowest BCUT2D eigenvalue weighted by Crippen LogP contribution is -2.38. The number of ether oxygens (including phenoxy) is 2. The summed E-state index contributed by atoms with van der Waals surface area (Å²) in [6.07, 6.45) is 7.93. The molecule has 0 unspecified atom stereocenters. The molecule has 3 aliphatic rings. The molecule has 1 spiro atoms. The molecule has 0 saturated carbocycles. The van der Waals surface area contributed by atoms with Crippen molar-refractivity contribution in [3.05, 3.63) is 137 Å². The Kier molecular flexibility index (Phi) is 11.3. The van der Waals surface area contributed by atoms with Crippen molar-refractivity contribution in [3.63, 3.8) is 0 Å². The van der Waals surface area contributed by atoms with Crippen LogP contribution in [0.3, 0.4) is 0 Å². The van der Waals surface area contributed by atoms with Gasteiger partial charge >= 0.3 is 5.97 Å². The second-order valence-electron chi connectivity index (χ2n) is 16.7. The predicted molar refractivity (Wildman–Crippen MR) is 247 cm³/mol. The number of ketones is 1. The highest BCUT2D eigenvalue weighted by Crippen LogP contribution is 2.57. The number of benzene rings is 5. The number of hydrogen-bond donors (Lipinski definition) is 4. The quantitative estimate of drug-likeness (QED) is 0.0376. The number of nitrogens with zero attached hydrogens (tertiary/aromatic N) is 2. The third kappa shape index (κ3) is 7.99. The fraction of sp³-hybridized carbons (Fsp3) is 0.265. The molecule has 64 heavy (non-hydrogen) atoms. The number of esters is 1. The second-order valence-corrected chi connectivity index (χ2v) is 19.1. The van der Waals surface area contributed by atoms with E-state index in [9.17, 15) is 33.0 Å². The van der Waals surface area contributed by atoms with Crippen molar-refractivity contribution in [1.29, 1.82) is 0 Å². The Morgan fingerprint density at radius 2 is 1.48 bits per heavy atom. The monoisotopic (exact) mass is 898 g/mol. The summed E-state index contributed by atoms with van der Waals surface area (Å²) < 4.78 is 40.4. The lowest BCUT2D eigenvalue weighted by molar-refractivity contribution is -0.116. The van der Waals surface area contributed by atoms with Gasteiger partial charge in [-0.2, -0.15) is 0 Å². The van der Waals surface area contributed by atoms with Crippen LogP contribution >= 0.6 is 12.2 Å². The largest absolute Gasteiger partial charge is 0.508 e. The molecular weight excluding hydrogens is 853 g/mol. The van der Waals surface area contributed by atoms with Crippen LogP contribution in [0.2, 0.25) is 0 Å². The van der Waals surface area contributed by atoms with Gasteiger partial charge < -0.3 is 35.3 Å². The number of phenolic OH excluding ortho intramolecular Hbond substituents is 2. The number of phenols is 2. The molecule has 1 aromatic heterocycles. The first-order chi connectivity index (χ1) is 30.7. The van der Waals surface area contributed by atoms with E-state index in [0.717, 1.165) is 40.4 Å². The molecule has 5 N–H and O–H groups in total. The van der Waals surface area contributed by atoms with Crippen molar-refractivity contribution in [2.75, 3.05) is 24.7 Å². The minimum absolute atomic E-state index is 0.0391. The number of nitrogens with one attached hydrogen (secondary N) is 1. The van der Waals surface area contributed by atoms with Gasteiger partial charge in [0, 0.05) is 94.8 Å². The molecular formula is C49H46N4O9S2. The van der Waals surface area contributed by atoms with Crippen LogP contribution < -0.4 is 15.8 Å². The van der Waals surface area contributed by atoms with Crippen LogP contribution in [0.25, 0.3) is 22.0 Å². The molecule has 0 aliphatic carbocycles. The number of thiocarbonyl (C=S) groups is 1. The van der Waals surface area contributed by atoms with Gasteiger partial charge in [0.05, 0.1) is 17.3 Å². The maximum absolute atomic E-state index is 13.5. The minimum Gasteiger partial charge on any atom is -0.508 e. The molecule has 1 saturated heterocycles. The van der Waals surface area contributed by atoms with Gasteiger partial charge in [-0.3, -0.25) is 9.59 Å². The molecule has 0 atom stereocenters. The lowest BCUT2D eigenvalue weighted by atomic mass is 9.77. The van der Waals surface area contributed by atoms with Crippen LogP contribution in [0.15, 0.2) is 103 Å². The Labute approximate surface area is 375 Å². The zero-order chi connectivity index (χ0) is 44.9. The van der Waals surface area contributed by atoms with E-state index in [4.69, 9.17) is 27.4 Å². The van der Waals surface area contributed by atoms with Crippen LogP contribution in [-0.2, 0) is 25.2 Å². The smallest absolute Gasteiger partial charge is 0.340 e. The summed E-state index contributed by atoms with van der Waals surface area (Å²) >= 11 is 5.25. The van der Waals surface area contributed by atoms with E-state index in [1.807, 2.05) is 42.5 Å². The summed E-state index contributed by atoms with van der Waals surface area (Å²) in [6, 6.07) is 27.8. The van der Waals surface area contributed by atoms with Crippen LogP contribution in [0.5, 0.6) is 23.0 Å². The third-order valence-electron chi connectivity index (χ3n) is 12.5. The Balaban J connectivity index is 0.824. The topological polar surface area (TPSA) is 190 Å². The lowest BCUT2D eigenvalue weighted by Gasteiger charge is -2.36. The first kappa shape index (κ1) is 42.7. The fourth-order valence-corrected chi connectivity index (χ4v) is 10.3. The summed E-state index contributed by atoms with van der Waals surface area (Å²) in [5, 5.41) is 24.4. The molecule has 13 nitrogen and oxygen atoms in total. The average Bonchev–Trinajstić information content (AvgIpc) is 3.79. The van der Waals surface area contributed by atoms with E-state index in [1.54, 1.807) is 30.3 Å². The number of hydrogen-bond acceptors (Lipinski definition) is 10. The number of carbonyl (C=O) groups excluding carboxylic acids is 3. The van der Waals surface area contributed by atoms with Gasteiger partial charge in [0.15, 0.2) is 11.4 Å². The molecule has 0 bridgehead atoms. The van der Waals surface area contributed by atoms with Crippen LogP contribution in [-0.4, -0.2) is 69.5 Å². The Hall–Kier alpha value is -6.55. The molecule has 1 amide bonds. The van der Waals surface area contributed by atoms with Gasteiger partial charge in [0.25, 0.3) is 0 Å².